The van der Waals surface area contributed by atoms with Crippen LogP contribution in [-0.4, -0.2) is 57.8 Å². The maximum atomic E-state index is 12.0. The van der Waals surface area contributed by atoms with Crippen LogP contribution in [0.2, 0.25) is 0 Å². The minimum atomic E-state index is -3.48. The van der Waals surface area contributed by atoms with Crippen LogP contribution in [0.1, 0.15) is 6.42 Å². The van der Waals surface area contributed by atoms with Crippen molar-refractivity contribution < 1.29 is 18.3 Å². The third-order valence-corrected chi connectivity index (χ3v) is 4.67. The van der Waals surface area contributed by atoms with Gasteiger partial charge in [-0.2, -0.15) is 0 Å². The molecule has 6 nitrogen and oxygen atoms in total. The van der Waals surface area contributed by atoms with Gasteiger partial charge in [-0.25, -0.2) is 13.1 Å². The molecular weight excluding hydrogens is 280 g/mol. The number of rotatable bonds is 6. The zero-order valence-electron chi connectivity index (χ0n) is 11.3. The highest BCUT2D eigenvalue weighted by Crippen LogP contribution is 2.13. The molecule has 1 saturated heterocycles. The molecule has 0 amide bonds. The van der Waals surface area contributed by atoms with Crippen LogP contribution in [0, 0.1) is 0 Å². The van der Waals surface area contributed by atoms with E-state index in [-0.39, 0.29) is 10.6 Å². The van der Waals surface area contributed by atoms with Gasteiger partial charge in [0.1, 0.15) is 5.75 Å². The van der Waals surface area contributed by atoms with E-state index in [0.717, 1.165) is 39.3 Å². The van der Waals surface area contributed by atoms with E-state index in [9.17, 15) is 8.42 Å². The van der Waals surface area contributed by atoms with Gasteiger partial charge in [0.2, 0.25) is 10.0 Å². The van der Waals surface area contributed by atoms with Crippen molar-refractivity contribution in [1.29, 1.82) is 0 Å². The van der Waals surface area contributed by atoms with Gasteiger partial charge >= 0.3 is 0 Å². The van der Waals surface area contributed by atoms with Crippen molar-refractivity contribution in [2.45, 2.75) is 11.3 Å². The van der Waals surface area contributed by atoms with Crippen molar-refractivity contribution >= 4 is 10.0 Å². The number of morpholine rings is 1. The van der Waals surface area contributed by atoms with E-state index >= 15 is 0 Å². The Balaban J connectivity index is 1.76. The van der Waals surface area contributed by atoms with Crippen LogP contribution in [0.5, 0.6) is 5.75 Å². The summed E-state index contributed by atoms with van der Waals surface area (Å²) in [7, 11) is -3.48. The molecule has 7 heteroatoms. The summed E-state index contributed by atoms with van der Waals surface area (Å²) in [5, 5.41) is 9.15. The topological polar surface area (TPSA) is 78.9 Å². The first-order chi connectivity index (χ1) is 9.58. The Bertz CT molecular complexity index is 510. The predicted molar refractivity (Wildman–Crippen MR) is 75.2 cm³/mol. The average molecular weight is 300 g/mol. The van der Waals surface area contributed by atoms with Crippen LogP contribution >= 0.6 is 0 Å². The van der Waals surface area contributed by atoms with Gasteiger partial charge in [-0.15, -0.1) is 0 Å². The van der Waals surface area contributed by atoms with E-state index in [0.29, 0.717) is 6.54 Å². The molecule has 1 fully saturated rings. The van der Waals surface area contributed by atoms with E-state index in [1.165, 1.54) is 24.3 Å². The number of nitrogens with one attached hydrogen (secondary N) is 1. The van der Waals surface area contributed by atoms with Gasteiger partial charge in [0.15, 0.2) is 0 Å². The summed E-state index contributed by atoms with van der Waals surface area (Å²) in [6.07, 6.45) is 0.761. The molecular formula is C13H20N2O4S. The molecule has 1 aromatic rings. The predicted octanol–water partition coefficient (Wildman–Crippen LogP) is 0.393. The van der Waals surface area contributed by atoms with Crippen molar-refractivity contribution in [1.82, 2.24) is 9.62 Å². The van der Waals surface area contributed by atoms with Crippen LogP contribution in [-0.2, 0) is 14.8 Å². The summed E-state index contributed by atoms with van der Waals surface area (Å²) in [6.45, 7) is 4.58. The lowest BCUT2D eigenvalue weighted by molar-refractivity contribution is 0.0376. The first-order valence-electron chi connectivity index (χ1n) is 6.67. The molecule has 0 saturated carbocycles. The molecule has 0 radical (unpaired) electrons. The third kappa shape index (κ3) is 4.45. The van der Waals surface area contributed by atoms with E-state index in [4.69, 9.17) is 9.84 Å². The highest BCUT2D eigenvalue weighted by atomic mass is 32.2. The number of sulfonamides is 1. The Morgan fingerprint density at radius 3 is 2.50 bits per heavy atom. The maximum absolute atomic E-state index is 12.0. The van der Waals surface area contributed by atoms with Gasteiger partial charge in [-0.1, -0.05) is 0 Å². The van der Waals surface area contributed by atoms with Crippen LogP contribution in [0.3, 0.4) is 0 Å². The molecule has 2 rings (SSSR count). The number of ether oxygens (including phenoxy) is 1. The summed E-state index contributed by atoms with van der Waals surface area (Å²) in [5.74, 6) is 0.0521. The Morgan fingerprint density at radius 2 is 1.85 bits per heavy atom. The summed E-state index contributed by atoms with van der Waals surface area (Å²) >= 11 is 0. The summed E-state index contributed by atoms with van der Waals surface area (Å²) in [5.41, 5.74) is 0. The fourth-order valence-corrected chi connectivity index (χ4v) is 3.12. The lowest BCUT2D eigenvalue weighted by Crippen LogP contribution is -2.38. The van der Waals surface area contributed by atoms with Gasteiger partial charge in [-0.3, -0.25) is 4.90 Å². The molecule has 1 aromatic carbocycles. The molecule has 20 heavy (non-hydrogen) atoms. The number of nitrogens with zero attached hydrogens (tertiary/aromatic N) is 1. The fraction of sp³-hybridized carbons (Fsp3) is 0.538. The Hall–Kier alpha value is -1.15. The average Bonchev–Trinajstić information content (AvgIpc) is 2.45. The minimum Gasteiger partial charge on any atom is -0.508 e. The van der Waals surface area contributed by atoms with Crippen molar-refractivity contribution in [2.75, 3.05) is 39.4 Å². The second-order valence-corrected chi connectivity index (χ2v) is 6.47. The van der Waals surface area contributed by atoms with Crippen LogP contribution < -0.4 is 4.72 Å². The number of hydrogen-bond donors (Lipinski definition) is 2. The molecule has 0 spiro atoms. The quantitative estimate of drug-likeness (QED) is 0.743. The lowest BCUT2D eigenvalue weighted by Gasteiger charge is -2.26. The highest BCUT2D eigenvalue weighted by molar-refractivity contribution is 7.89. The molecule has 0 aromatic heterocycles. The smallest absolute Gasteiger partial charge is 0.240 e. The standard InChI is InChI=1S/C13H20N2O4S/c16-12-2-4-13(5-3-12)20(17,18)14-6-1-7-15-8-10-19-11-9-15/h2-5,14,16H,1,6-11H2. The van der Waals surface area contributed by atoms with Gasteiger partial charge in [-0.05, 0) is 37.2 Å². The largest absolute Gasteiger partial charge is 0.508 e. The fourth-order valence-electron chi connectivity index (χ4n) is 2.04. The lowest BCUT2D eigenvalue weighted by atomic mass is 10.3. The van der Waals surface area contributed by atoms with Gasteiger partial charge in [0.25, 0.3) is 0 Å². The second kappa shape index (κ2) is 7.03. The zero-order chi connectivity index (χ0) is 14.4. The van der Waals surface area contributed by atoms with Gasteiger partial charge in [0, 0.05) is 19.6 Å². The molecule has 0 bridgehead atoms. The Morgan fingerprint density at radius 1 is 1.20 bits per heavy atom. The van der Waals surface area contributed by atoms with E-state index in [1.54, 1.807) is 0 Å². The van der Waals surface area contributed by atoms with Crippen LogP contribution in [0.15, 0.2) is 29.2 Å². The highest BCUT2D eigenvalue weighted by Gasteiger charge is 2.14. The Kier molecular flexibility index (Phi) is 5.36. The minimum absolute atomic E-state index is 0.0521. The molecule has 1 heterocycles. The van der Waals surface area contributed by atoms with Gasteiger partial charge < -0.3 is 9.84 Å². The van der Waals surface area contributed by atoms with E-state index in [2.05, 4.69) is 9.62 Å². The zero-order valence-corrected chi connectivity index (χ0v) is 12.1. The molecule has 0 aliphatic carbocycles. The second-order valence-electron chi connectivity index (χ2n) is 4.70. The first kappa shape index (κ1) is 15.2. The molecule has 1 aliphatic rings. The monoisotopic (exact) mass is 300 g/mol. The SMILES string of the molecule is O=S(=O)(NCCCN1CCOCC1)c1ccc(O)cc1. The van der Waals surface area contributed by atoms with Crippen molar-refractivity contribution in [2.24, 2.45) is 0 Å². The molecule has 112 valence electrons. The number of phenols is 1. The number of hydrogen-bond acceptors (Lipinski definition) is 5. The number of phenolic OH excluding ortho intramolecular Hbond substituents is 1. The van der Waals surface area contributed by atoms with E-state index in [1.807, 2.05) is 0 Å². The molecule has 2 N–H and O–H groups in total. The molecule has 0 atom stereocenters. The first-order valence-corrected chi connectivity index (χ1v) is 8.15. The number of benzene rings is 1. The number of aromatic hydroxyl groups is 1. The Labute approximate surface area is 119 Å². The van der Waals surface area contributed by atoms with Crippen molar-refractivity contribution in [3.63, 3.8) is 0 Å². The van der Waals surface area contributed by atoms with Gasteiger partial charge in [0.05, 0.1) is 18.1 Å². The third-order valence-electron chi connectivity index (χ3n) is 3.19. The van der Waals surface area contributed by atoms with Crippen LogP contribution in [0.25, 0.3) is 0 Å². The normalized spacial score (nSPS) is 17.2. The van der Waals surface area contributed by atoms with Crippen molar-refractivity contribution in [3.05, 3.63) is 24.3 Å². The van der Waals surface area contributed by atoms with E-state index < -0.39 is 10.0 Å². The van der Waals surface area contributed by atoms with Crippen molar-refractivity contribution in [3.8, 4) is 5.75 Å². The van der Waals surface area contributed by atoms with Crippen LogP contribution in [0.4, 0.5) is 0 Å². The summed E-state index contributed by atoms with van der Waals surface area (Å²) in [6, 6.07) is 5.50. The maximum Gasteiger partial charge on any atom is 0.240 e. The summed E-state index contributed by atoms with van der Waals surface area (Å²) < 4.78 is 31.8. The summed E-state index contributed by atoms with van der Waals surface area (Å²) in [4.78, 5) is 2.43. The molecule has 1 aliphatic heterocycles. The molecule has 0 unspecified atom stereocenters.